The summed E-state index contributed by atoms with van der Waals surface area (Å²) >= 11 is 0. The van der Waals surface area contributed by atoms with Crippen molar-refractivity contribution in [3.63, 3.8) is 0 Å². The number of anilines is 1. The van der Waals surface area contributed by atoms with Crippen molar-refractivity contribution in [1.29, 1.82) is 0 Å². The molecule has 5 heteroatoms. The molecule has 26 heavy (non-hydrogen) atoms. The van der Waals surface area contributed by atoms with Gasteiger partial charge in [-0.25, -0.2) is 4.98 Å². The SMILES string of the molecule is Cc1nccc(OCc2cncc(-c3ccc4c(c3)CCCN4C)c2)n1. The predicted octanol–water partition coefficient (Wildman–Crippen LogP) is 3.81. The summed E-state index contributed by atoms with van der Waals surface area (Å²) in [5.74, 6) is 1.29. The minimum absolute atomic E-state index is 0.435. The number of aryl methyl sites for hydroxylation is 2. The van der Waals surface area contributed by atoms with Gasteiger partial charge < -0.3 is 9.64 Å². The number of benzene rings is 1. The molecule has 0 unspecified atom stereocenters. The van der Waals surface area contributed by atoms with Gasteiger partial charge in [-0.1, -0.05) is 6.07 Å². The largest absolute Gasteiger partial charge is 0.473 e. The molecule has 132 valence electrons. The van der Waals surface area contributed by atoms with Crippen LogP contribution in [0.15, 0.2) is 48.9 Å². The van der Waals surface area contributed by atoms with E-state index in [0.717, 1.165) is 24.1 Å². The Balaban J connectivity index is 1.54. The molecule has 0 atom stereocenters. The van der Waals surface area contributed by atoms with Crippen LogP contribution >= 0.6 is 0 Å². The molecule has 0 saturated carbocycles. The van der Waals surface area contributed by atoms with Gasteiger partial charge in [-0.3, -0.25) is 4.98 Å². The second-order valence-corrected chi connectivity index (χ2v) is 6.68. The Kier molecular flexibility index (Phi) is 4.52. The fraction of sp³-hybridized carbons (Fsp3) is 0.286. The Morgan fingerprint density at radius 1 is 1.12 bits per heavy atom. The first-order valence-corrected chi connectivity index (χ1v) is 8.90. The summed E-state index contributed by atoms with van der Waals surface area (Å²) in [7, 11) is 2.16. The maximum Gasteiger partial charge on any atom is 0.216 e. The number of aromatic nitrogens is 3. The number of pyridine rings is 1. The van der Waals surface area contributed by atoms with E-state index in [1.54, 1.807) is 12.3 Å². The second kappa shape index (κ2) is 7.12. The fourth-order valence-corrected chi connectivity index (χ4v) is 3.36. The molecular formula is C21H22N4O. The first kappa shape index (κ1) is 16.5. The van der Waals surface area contributed by atoms with Crippen molar-refractivity contribution in [2.45, 2.75) is 26.4 Å². The number of fused-ring (bicyclic) bond motifs is 1. The van der Waals surface area contributed by atoms with Gasteiger partial charge in [-0.05, 0) is 49.1 Å². The monoisotopic (exact) mass is 346 g/mol. The molecule has 0 N–H and O–H groups in total. The van der Waals surface area contributed by atoms with Gasteiger partial charge >= 0.3 is 0 Å². The van der Waals surface area contributed by atoms with E-state index in [0.29, 0.717) is 18.3 Å². The van der Waals surface area contributed by atoms with E-state index in [1.807, 2.05) is 19.3 Å². The second-order valence-electron chi connectivity index (χ2n) is 6.68. The van der Waals surface area contributed by atoms with Gasteiger partial charge in [0.15, 0.2) is 0 Å². The van der Waals surface area contributed by atoms with Crippen molar-refractivity contribution in [1.82, 2.24) is 15.0 Å². The molecule has 3 heterocycles. The van der Waals surface area contributed by atoms with Crippen LogP contribution in [-0.4, -0.2) is 28.5 Å². The zero-order chi connectivity index (χ0) is 17.9. The molecule has 0 radical (unpaired) electrons. The minimum Gasteiger partial charge on any atom is -0.473 e. The molecule has 0 saturated heterocycles. The van der Waals surface area contributed by atoms with E-state index in [4.69, 9.17) is 4.74 Å². The van der Waals surface area contributed by atoms with E-state index >= 15 is 0 Å². The smallest absolute Gasteiger partial charge is 0.216 e. The van der Waals surface area contributed by atoms with E-state index in [2.05, 4.69) is 51.2 Å². The van der Waals surface area contributed by atoms with Gasteiger partial charge in [0.05, 0.1) is 0 Å². The van der Waals surface area contributed by atoms with Gasteiger partial charge in [-0.2, -0.15) is 4.98 Å². The summed E-state index contributed by atoms with van der Waals surface area (Å²) < 4.78 is 5.77. The van der Waals surface area contributed by atoms with Crippen molar-refractivity contribution >= 4 is 5.69 Å². The van der Waals surface area contributed by atoms with Gasteiger partial charge in [0, 0.05) is 55.1 Å². The average molecular weight is 346 g/mol. The lowest BCUT2D eigenvalue weighted by Crippen LogP contribution is -2.24. The molecule has 1 aromatic carbocycles. The normalized spacial score (nSPS) is 13.4. The first-order chi connectivity index (χ1) is 12.7. The summed E-state index contributed by atoms with van der Waals surface area (Å²) in [4.78, 5) is 15.1. The third-order valence-corrected chi connectivity index (χ3v) is 4.70. The summed E-state index contributed by atoms with van der Waals surface area (Å²) in [6.07, 6.45) is 7.79. The van der Waals surface area contributed by atoms with Crippen molar-refractivity contribution in [2.75, 3.05) is 18.5 Å². The predicted molar refractivity (Wildman–Crippen MR) is 102 cm³/mol. The standard InChI is InChI=1S/C21H22N4O/c1-15-23-8-7-21(24-15)26-14-16-10-19(13-22-12-16)17-5-6-20-18(11-17)4-3-9-25(20)2/h5-8,10-13H,3-4,9,14H2,1-2H3. The van der Waals surface area contributed by atoms with Crippen molar-refractivity contribution < 1.29 is 4.74 Å². The van der Waals surface area contributed by atoms with Crippen LogP contribution in [0.25, 0.3) is 11.1 Å². The Labute approximate surface area is 153 Å². The van der Waals surface area contributed by atoms with Crippen LogP contribution in [0.1, 0.15) is 23.4 Å². The number of ether oxygens (including phenoxy) is 1. The lowest BCUT2D eigenvalue weighted by atomic mass is 9.97. The Morgan fingerprint density at radius 3 is 2.92 bits per heavy atom. The lowest BCUT2D eigenvalue weighted by Gasteiger charge is -2.27. The van der Waals surface area contributed by atoms with Crippen LogP contribution in [0.3, 0.4) is 0 Å². The molecule has 1 aliphatic heterocycles. The van der Waals surface area contributed by atoms with Crippen LogP contribution in [-0.2, 0) is 13.0 Å². The van der Waals surface area contributed by atoms with E-state index < -0.39 is 0 Å². The Morgan fingerprint density at radius 2 is 2.04 bits per heavy atom. The maximum absolute atomic E-state index is 5.77. The highest BCUT2D eigenvalue weighted by Crippen LogP contribution is 2.30. The van der Waals surface area contributed by atoms with Crippen molar-refractivity contribution in [2.24, 2.45) is 0 Å². The third-order valence-electron chi connectivity index (χ3n) is 4.70. The van der Waals surface area contributed by atoms with E-state index in [-0.39, 0.29) is 0 Å². The van der Waals surface area contributed by atoms with Gasteiger partial charge in [-0.15, -0.1) is 0 Å². The van der Waals surface area contributed by atoms with Gasteiger partial charge in [0.2, 0.25) is 5.88 Å². The zero-order valence-corrected chi connectivity index (χ0v) is 15.1. The highest BCUT2D eigenvalue weighted by molar-refractivity contribution is 5.69. The van der Waals surface area contributed by atoms with Crippen LogP contribution in [0.4, 0.5) is 5.69 Å². The van der Waals surface area contributed by atoms with Gasteiger partial charge in [0.25, 0.3) is 0 Å². The average Bonchev–Trinajstić information content (AvgIpc) is 2.67. The molecule has 3 aromatic rings. The summed E-state index contributed by atoms with van der Waals surface area (Å²) in [5.41, 5.74) is 6.09. The van der Waals surface area contributed by atoms with Crippen LogP contribution < -0.4 is 9.64 Å². The lowest BCUT2D eigenvalue weighted by molar-refractivity contribution is 0.292. The number of hydrogen-bond donors (Lipinski definition) is 0. The topological polar surface area (TPSA) is 51.1 Å². The van der Waals surface area contributed by atoms with Crippen LogP contribution in [0.2, 0.25) is 0 Å². The van der Waals surface area contributed by atoms with Crippen LogP contribution in [0, 0.1) is 6.92 Å². The first-order valence-electron chi connectivity index (χ1n) is 8.90. The molecule has 0 aliphatic carbocycles. The van der Waals surface area contributed by atoms with Crippen molar-refractivity contribution in [3.05, 3.63) is 65.9 Å². The zero-order valence-electron chi connectivity index (χ0n) is 15.1. The highest BCUT2D eigenvalue weighted by atomic mass is 16.5. The molecular weight excluding hydrogens is 324 g/mol. The van der Waals surface area contributed by atoms with Gasteiger partial charge in [0.1, 0.15) is 12.4 Å². The molecule has 5 nitrogen and oxygen atoms in total. The minimum atomic E-state index is 0.435. The van der Waals surface area contributed by atoms with Crippen molar-refractivity contribution in [3.8, 4) is 17.0 Å². The molecule has 2 aromatic heterocycles. The number of rotatable bonds is 4. The number of hydrogen-bond acceptors (Lipinski definition) is 5. The Bertz CT molecular complexity index is 925. The maximum atomic E-state index is 5.77. The van der Waals surface area contributed by atoms with Crippen LogP contribution in [0.5, 0.6) is 5.88 Å². The summed E-state index contributed by atoms with van der Waals surface area (Å²) in [5, 5.41) is 0. The molecule has 0 amide bonds. The van der Waals surface area contributed by atoms with E-state index in [1.165, 1.54) is 23.2 Å². The molecule has 0 bridgehead atoms. The molecule has 1 aliphatic rings. The highest BCUT2D eigenvalue weighted by Gasteiger charge is 2.14. The number of nitrogens with zero attached hydrogens (tertiary/aromatic N) is 4. The Hall–Kier alpha value is -2.95. The summed E-state index contributed by atoms with van der Waals surface area (Å²) in [6, 6.07) is 10.6. The third kappa shape index (κ3) is 3.52. The molecule has 0 spiro atoms. The fourth-order valence-electron chi connectivity index (χ4n) is 3.36. The summed E-state index contributed by atoms with van der Waals surface area (Å²) in [6.45, 7) is 3.41. The molecule has 0 fully saturated rings. The quantitative estimate of drug-likeness (QED) is 0.719. The molecule has 4 rings (SSSR count). The van der Waals surface area contributed by atoms with E-state index in [9.17, 15) is 0 Å².